The van der Waals surface area contributed by atoms with Crippen molar-refractivity contribution in [2.45, 2.75) is 199 Å². The van der Waals surface area contributed by atoms with Crippen molar-refractivity contribution >= 4 is 82.3 Å². The molecule has 6 aromatic rings. The summed E-state index contributed by atoms with van der Waals surface area (Å²) in [6, 6.07) is 2.82. The number of likely N-dealkylation sites (N-methyl/N-ethyl adjacent to an activating group) is 1. The number of phenolic OH excluding ortho intramolecular Hbond substituents is 3. The molecule has 43 heteroatoms. The van der Waals surface area contributed by atoms with Gasteiger partial charge >= 0.3 is 5.97 Å². The fourth-order valence-electron chi connectivity index (χ4n) is 15.5. The number of carbonyl (C=O) groups excluding carboxylic acids is 7. The van der Waals surface area contributed by atoms with Crippen molar-refractivity contribution in [3.05, 3.63) is 140 Å². The van der Waals surface area contributed by atoms with Crippen molar-refractivity contribution in [1.29, 1.82) is 0 Å². The predicted molar refractivity (Wildman–Crippen MR) is 440 cm³/mol. The molecule has 0 saturated carbocycles. The number of hydrogen-bond donors (Lipinski definition) is 22. The van der Waals surface area contributed by atoms with Crippen molar-refractivity contribution in [2.24, 2.45) is 17.4 Å². The van der Waals surface area contributed by atoms with Crippen molar-refractivity contribution in [3.8, 4) is 57.1 Å². The second kappa shape index (κ2) is 40.0. The summed E-state index contributed by atoms with van der Waals surface area (Å²) in [5, 5.41) is 159. The first-order valence-electron chi connectivity index (χ1n) is 39.8. The van der Waals surface area contributed by atoms with Crippen LogP contribution >= 0.6 is 35.0 Å². The number of aromatic hydroxyl groups is 3. The molecule has 125 heavy (non-hydrogen) atoms. The van der Waals surface area contributed by atoms with Crippen molar-refractivity contribution in [1.82, 2.24) is 47.4 Å². The Morgan fingerprint density at radius 3 is 1.96 bits per heavy atom. The van der Waals surface area contributed by atoms with Gasteiger partial charge in [0, 0.05) is 53.6 Å². The Bertz CT molecular complexity index is 4970. The molecule has 23 atom stereocenters. The number of carbonyl (C=O) groups is 8. The molecule has 24 N–H and O–H groups in total. The van der Waals surface area contributed by atoms with Crippen LogP contribution < -0.4 is 68.2 Å². The second-order valence-electron chi connectivity index (χ2n) is 32.2. The van der Waals surface area contributed by atoms with Crippen LogP contribution in [0, 0.1) is 5.92 Å². The highest BCUT2D eigenvalue weighted by molar-refractivity contribution is 7.98. The first kappa shape index (κ1) is 94.3. The van der Waals surface area contributed by atoms with E-state index in [1.165, 1.54) is 44.8 Å². The van der Waals surface area contributed by atoms with Gasteiger partial charge in [-0.15, -0.1) is 0 Å². The number of furan rings is 1. The Labute approximate surface area is 728 Å². The number of aliphatic carboxylic acids is 1. The quantitative estimate of drug-likeness (QED) is 0.0358. The molecule has 11 bridgehead atoms. The third-order valence-electron chi connectivity index (χ3n) is 21.9. The molecule has 5 aromatic carbocycles. The Morgan fingerprint density at radius 2 is 1.32 bits per heavy atom. The number of halogens is 2. The van der Waals surface area contributed by atoms with Crippen LogP contribution in [0.1, 0.15) is 117 Å². The van der Waals surface area contributed by atoms with Gasteiger partial charge in [0.25, 0.3) is 0 Å². The number of rotatable bonds is 24. The topological polar surface area (TPSA) is 618 Å². The lowest BCUT2D eigenvalue weighted by Gasteiger charge is -2.46. The summed E-state index contributed by atoms with van der Waals surface area (Å²) in [6.45, 7) is 6.28. The van der Waals surface area contributed by atoms with Crippen LogP contribution in [0.25, 0.3) is 11.1 Å². The number of carboxylic acids is 1. The molecule has 0 aliphatic carbocycles. The molecule has 14 rings (SSSR count). The van der Waals surface area contributed by atoms with Gasteiger partial charge in [0.05, 0.1) is 53.6 Å². The molecule has 3 saturated heterocycles. The van der Waals surface area contributed by atoms with Gasteiger partial charge in [-0.2, -0.15) is 11.8 Å². The number of amides is 7. The lowest BCUT2D eigenvalue weighted by atomic mass is 9.86. The predicted octanol–water partition coefficient (Wildman–Crippen LogP) is 0.116. The smallest absolute Gasteiger partial charge is 0.330 e. The number of ether oxygens (including phenoxy) is 8. The molecule has 9 heterocycles. The lowest BCUT2D eigenvalue weighted by molar-refractivity contribution is -0.350. The summed E-state index contributed by atoms with van der Waals surface area (Å²) >= 11 is 16.0. The number of benzene rings is 5. The summed E-state index contributed by atoms with van der Waals surface area (Å²) in [4.78, 5) is 122. The van der Waals surface area contributed by atoms with Gasteiger partial charge in [-0.1, -0.05) is 55.2 Å². The minimum absolute atomic E-state index is 0.122. The van der Waals surface area contributed by atoms with E-state index in [0.29, 0.717) is 24.6 Å². The number of phenols is 3. The summed E-state index contributed by atoms with van der Waals surface area (Å²) < 4.78 is 57.1. The molecule has 678 valence electrons. The maximum atomic E-state index is 16.4. The fourth-order valence-corrected chi connectivity index (χ4v) is 16.7. The molecule has 3 fully saturated rings. The van der Waals surface area contributed by atoms with Crippen LogP contribution in [0.4, 0.5) is 0 Å². The van der Waals surface area contributed by atoms with Gasteiger partial charge in [-0.05, 0) is 136 Å². The minimum atomic E-state index is -2.42. The zero-order valence-corrected chi connectivity index (χ0v) is 70.7. The number of nitrogens with one attached hydrogen (secondary N) is 8. The molecule has 0 spiro atoms. The minimum Gasteiger partial charge on any atom is -0.508 e. The first-order valence-corrected chi connectivity index (χ1v) is 41.8. The van der Waals surface area contributed by atoms with Crippen LogP contribution in [0.15, 0.2) is 95.4 Å². The van der Waals surface area contributed by atoms with E-state index in [1.54, 1.807) is 0 Å². The maximum absolute atomic E-state index is 16.4. The molecular weight excluding hydrogens is 1710 g/mol. The Balaban J connectivity index is 1.01. The van der Waals surface area contributed by atoms with Gasteiger partial charge < -0.3 is 162 Å². The van der Waals surface area contributed by atoms with E-state index < -0.39 is 279 Å². The van der Waals surface area contributed by atoms with Gasteiger partial charge in [-0.25, -0.2) is 4.79 Å². The van der Waals surface area contributed by atoms with E-state index in [9.17, 15) is 75.7 Å². The second-order valence-corrected chi connectivity index (χ2v) is 34.1. The third-order valence-corrected chi connectivity index (χ3v) is 23.5. The number of nitrogens with zero attached hydrogens (tertiary/aromatic N) is 1. The van der Waals surface area contributed by atoms with Gasteiger partial charge in [-0.3, -0.25) is 33.6 Å². The molecule has 0 radical (unpaired) electrons. The maximum Gasteiger partial charge on any atom is 0.330 e. The molecule has 7 amide bonds. The lowest BCUT2D eigenvalue weighted by Crippen LogP contribution is -2.65. The molecule has 1 aromatic heterocycles. The summed E-state index contributed by atoms with van der Waals surface area (Å²) in [5.41, 5.74) is 8.01. The van der Waals surface area contributed by atoms with E-state index in [4.69, 9.17) is 77.0 Å². The largest absolute Gasteiger partial charge is 0.508 e. The number of thioether (sulfide) groups is 1. The number of aliphatic hydroxyl groups excluding tert-OH is 8. The Morgan fingerprint density at radius 1 is 0.688 bits per heavy atom. The van der Waals surface area contributed by atoms with E-state index in [1.807, 2.05) is 45.0 Å². The van der Waals surface area contributed by atoms with Crippen LogP contribution in [-0.4, -0.2) is 270 Å². The number of carboxylic acid groups (broad SMARTS) is 1. The van der Waals surface area contributed by atoms with Gasteiger partial charge in [0.2, 0.25) is 53.4 Å². The highest BCUT2D eigenvalue weighted by Crippen LogP contribution is 2.50. The molecule has 8 aliphatic rings. The van der Waals surface area contributed by atoms with Crippen LogP contribution in [-0.2, 0) is 74.3 Å². The number of hydrogen-bond acceptors (Lipinski definition) is 33. The van der Waals surface area contributed by atoms with Crippen LogP contribution in [0.3, 0.4) is 0 Å². The van der Waals surface area contributed by atoms with Crippen molar-refractivity contribution < 1.29 is 142 Å². The van der Waals surface area contributed by atoms with E-state index in [0.717, 1.165) is 78.3 Å². The number of nitrogens with two attached hydrogens (primary N) is 2. The normalized spacial score (nSPS) is 29.9. The third kappa shape index (κ3) is 21.6. The first-order chi connectivity index (χ1) is 59.2. The molecular formula is C82H101Cl2N11O29S. The van der Waals surface area contributed by atoms with Crippen LogP contribution in [0.2, 0.25) is 10.0 Å². The number of aliphatic hydroxyl groups is 8. The van der Waals surface area contributed by atoms with Gasteiger partial charge in [0.15, 0.2) is 30.1 Å². The molecule has 40 nitrogen and oxygen atoms in total. The SMILES string of the molecule is CN[C@H](CC(C)C)C(=O)NC1C(=O)N[C@@H](CC(N)=O)C(=O)N[C@H]2C(=O)N[C@H]3C(=O)N[C@H](C(=O)N[C@@H](C(=O)O)c4cc(O)cc(O)c4-c4cc3ccc4O)[C@H](O[C@H]3C[C@](C)(N)[C@@H](O)[C@H](C)O3)c3ccc(c(Cl)c3)Oc3cc2cc(c3O[C@@H]2O[C@H](CO)[C@@H](O[C@@H]3O[C@H](CNCCSCc4ccc(CN(C)C)o4)[C@H](O)[C@H](O)[C@H]3O)[C@H](O)[C@H]2O)Oc2ccc(cc2Cl)[C@H]1O. The zero-order valence-electron chi connectivity index (χ0n) is 68.4. The average Bonchev–Trinajstić information content (AvgIpc) is 1.11. The van der Waals surface area contributed by atoms with Crippen molar-refractivity contribution in [2.75, 3.05) is 46.6 Å². The zero-order chi connectivity index (χ0) is 90.6. The van der Waals surface area contributed by atoms with E-state index in [2.05, 4.69) is 42.5 Å². The Kier molecular flexibility index (Phi) is 30.2. The van der Waals surface area contributed by atoms with E-state index >= 15 is 24.0 Å². The highest BCUT2D eigenvalue weighted by Gasteiger charge is 2.53. The summed E-state index contributed by atoms with van der Waals surface area (Å²) in [6.07, 6.45) is -28.9. The van der Waals surface area contributed by atoms with E-state index in [-0.39, 0.29) is 42.0 Å². The van der Waals surface area contributed by atoms with Gasteiger partial charge in [0.1, 0.15) is 132 Å². The monoisotopic (exact) mass is 1810 g/mol. The van der Waals surface area contributed by atoms with Crippen LogP contribution in [0.5, 0.6) is 46.0 Å². The Hall–Kier alpha value is -9.81. The summed E-state index contributed by atoms with van der Waals surface area (Å²) in [5.74, 6) is -14.0. The number of fused-ring (bicyclic) bond motifs is 15. The average molecular weight is 1810 g/mol. The molecule has 8 aliphatic heterocycles. The summed E-state index contributed by atoms with van der Waals surface area (Å²) in [7, 11) is 5.29. The molecule has 1 unspecified atom stereocenters. The standard InChI is InChI=1S/C82H101Cl2N11O29S/c1-32(2)18-45(87-5)73(108)93-61-63(101)35-9-14-49(43(83)20-35)118-51-22-37-23-52(70(51)123-81-68(106)66(104)71(54(30-96)121-81)124-80-67(105)65(103)64(102)53(120-80)28-88-16-17-125-31-40-12-11-39(117-40)29-95(6)7)119-50-15-10-36(21-44(50)84)69(122-56-27-82(4,86)72(107)33(3)116-56)62-78(113)92-60(79(114)115)42-24-38(97)25-48(99)57(42)41-19-34(8-13-47(41)98)58(75(110)94-62)91-76(111)59(37)90-74(109)46(26-55(85)100)89-77(61)112/h8-15,19-25,32-33,45-46,53-54,56,58-69,71-72,80-81,87-88,96-99,101-107H,16-18,26-31,86H2,1-7H3,(H2,85,100)(H,89,112)(H,90,109)(H,91,111)(H,92,113)(H,93,108)(H,94,110)(H,114,115)/t33-,45+,46-,53+,54+,56-,58+,59+,60+,61?,62-,63+,64-,65-,66+,67+,68+,69+,71+,72-,80-,81-,82-/m0/s1. The van der Waals surface area contributed by atoms with Crippen molar-refractivity contribution in [3.63, 3.8) is 0 Å². The highest BCUT2D eigenvalue weighted by atomic mass is 35.5. The fraction of sp³-hybridized carbons (Fsp3) is 0.488. The number of primary amides is 1.